The van der Waals surface area contributed by atoms with Gasteiger partial charge in [-0.15, -0.1) is 11.3 Å². The van der Waals surface area contributed by atoms with E-state index in [1.54, 1.807) is 0 Å². The van der Waals surface area contributed by atoms with Gasteiger partial charge in [-0.1, -0.05) is 6.92 Å². The smallest absolute Gasteiger partial charge is 0.185 e. The Labute approximate surface area is 120 Å². The van der Waals surface area contributed by atoms with Crippen molar-refractivity contribution < 1.29 is 0 Å². The van der Waals surface area contributed by atoms with E-state index in [0.29, 0.717) is 6.04 Å². The van der Waals surface area contributed by atoms with Gasteiger partial charge >= 0.3 is 0 Å². The SMILES string of the molecule is CCNC(C)c1cnc(N(CC2CC2)CC2CC2)s1. The van der Waals surface area contributed by atoms with Crippen LogP contribution in [-0.4, -0.2) is 24.6 Å². The number of nitrogens with one attached hydrogen (secondary N) is 1. The second-order valence-corrected chi connectivity index (χ2v) is 7.16. The van der Waals surface area contributed by atoms with Crippen molar-refractivity contribution in [3.8, 4) is 0 Å². The fraction of sp³-hybridized carbons (Fsp3) is 0.800. The van der Waals surface area contributed by atoms with E-state index < -0.39 is 0 Å². The van der Waals surface area contributed by atoms with Gasteiger partial charge in [0, 0.05) is 30.2 Å². The minimum absolute atomic E-state index is 0.431. The Kier molecular flexibility index (Phi) is 4.08. The first-order valence-electron chi connectivity index (χ1n) is 7.70. The highest BCUT2D eigenvalue weighted by Gasteiger charge is 2.30. The largest absolute Gasteiger partial charge is 0.348 e. The molecule has 0 saturated heterocycles. The molecule has 19 heavy (non-hydrogen) atoms. The number of thiazole rings is 1. The third-order valence-corrected chi connectivity index (χ3v) is 5.31. The van der Waals surface area contributed by atoms with Crippen LogP contribution >= 0.6 is 11.3 Å². The summed E-state index contributed by atoms with van der Waals surface area (Å²) in [5.41, 5.74) is 0. The fourth-order valence-electron chi connectivity index (χ4n) is 2.49. The molecule has 0 spiro atoms. The topological polar surface area (TPSA) is 28.2 Å². The molecule has 1 N–H and O–H groups in total. The molecule has 0 amide bonds. The first-order chi connectivity index (χ1) is 9.26. The quantitative estimate of drug-likeness (QED) is 0.790. The molecule has 0 bridgehead atoms. The maximum atomic E-state index is 4.69. The van der Waals surface area contributed by atoms with Gasteiger partial charge in [-0.3, -0.25) is 0 Å². The summed E-state index contributed by atoms with van der Waals surface area (Å²) in [5, 5.41) is 4.72. The van der Waals surface area contributed by atoms with E-state index in [2.05, 4.69) is 35.2 Å². The van der Waals surface area contributed by atoms with Crippen molar-refractivity contribution >= 4 is 16.5 Å². The minimum Gasteiger partial charge on any atom is -0.348 e. The van der Waals surface area contributed by atoms with Gasteiger partial charge in [-0.2, -0.15) is 0 Å². The molecule has 2 saturated carbocycles. The average Bonchev–Trinajstić information content (AvgIpc) is 3.31. The lowest BCUT2D eigenvalue weighted by Crippen LogP contribution is -2.27. The Balaban J connectivity index is 1.65. The van der Waals surface area contributed by atoms with E-state index in [1.807, 2.05) is 11.3 Å². The number of hydrogen-bond donors (Lipinski definition) is 1. The minimum atomic E-state index is 0.431. The van der Waals surface area contributed by atoms with Crippen LogP contribution in [0.2, 0.25) is 0 Å². The summed E-state index contributed by atoms with van der Waals surface area (Å²) in [6.45, 7) is 7.87. The van der Waals surface area contributed by atoms with E-state index >= 15 is 0 Å². The van der Waals surface area contributed by atoms with Crippen LogP contribution in [0.1, 0.15) is 50.4 Å². The third kappa shape index (κ3) is 3.69. The molecule has 2 fully saturated rings. The van der Waals surface area contributed by atoms with E-state index in [1.165, 1.54) is 48.8 Å². The van der Waals surface area contributed by atoms with Crippen molar-refractivity contribution in [1.29, 1.82) is 0 Å². The highest BCUT2D eigenvalue weighted by atomic mass is 32.1. The molecule has 1 aromatic rings. The maximum absolute atomic E-state index is 4.69. The van der Waals surface area contributed by atoms with Gasteiger partial charge in [-0.25, -0.2) is 4.98 Å². The molecule has 1 atom stereocenters. The number of anilines is 1. The van der Waals surface area contributed by atoms with Crippen LogP contribution in [0, 0.1) is 11.8 Å². The van der Waals surface area contributed by atoms with Crippen molar-refractivity contribution in [2.45, 2.75) is 45.6 Å². The van der Waals surface area contributed by atoms with Crippen LogP contribution in [0.25, 0.3) is 0 Å². The summed E-state index contributed by atoms with van der Waals surface area (Å²) in [4.78, 5) is 8.61. The lowest BCUT2D eigenvalue weighted by molar-refractivity contribution is 0.606. The predicted octanol–water partition coefficient (Wildman–Crippen LogP) is 3.44. The zero-order valence-electron chi connectivity index (χ0n) is 12.1. The van der Waals surface area contributed by atoms with E-state index in [0.717, 1.165) is 18.4 Å². The summed E-state index contributed by atoms with van der Waals surface area (Å²) in [6, 6.07) is 0.431. The molecule has 106 valence electrons. The second kappa shape index (κ2) is 5.80. The zero-order chi connectivity index (χ0) is 13.2. The summed E-state index contributed by atoms with van der Waals surface area (Å²) >= 11 is 1.88. The molecule has 1 unspecified atom stereocenters. The molecule has 2 aliphatic carbocycles. The number of nitrogens with zero attached hydrogens (tertiary/aromatic N) is 2. The predicted molar refractivity (Wildman–Crippen MR) is 81.9 cm³/mol. The van der Waals surface area contributed by atoms with E-state index in [4.69, 9.17) is 0 Å². The van der Waals surface area contributed by atoms with Crippen molar-refractivity contribution in [1.82, 2.24) is 10.3 Å². The van der Waals surface area contributed by atoms with Gasteiger partial charge in [0.1, 0.15) is 0 Å². The molecule has 0 aliphatic heterocycles. The molecule has 3 rings (SSSR count). The standard InChI is InChI=1S/C15H25N3S/c1-3-16-11(2)14-8-17-15(19-14)18(9-12-4-5-12)10-13-6-7-13/h8,11-13,16H,3-7,9-10H2,1-2H3. The second-order valence-electron chi connectivity index (χ2n) is 6.12. The molecule has 1 aromatic heterocycles. The Hall–Kier alpha value is -0.610. The third-order valence-electron chi connectivity index (χ3n) is 4.07. The van der Waals surface area contributed by atoms with Crippen LogP contribution < -0.4 is 10.2 Å². The number of hydrogen-bond acceptors (Lipinski definition) is 4. The molecular weight excluding hydrogens is 254 g/mol. The summed E-state index contributed by atoms with van der Waals surface area (Å²) in [6.07, 6.45) is 7.76. The molecule has 4 heteroatoms. The molecule has 3 nitrogen and oxygen atoms in total. The van der Waals surface area contributed by atoms with Crippen molar-refractivity contribution in [2.75, 3.05) is 24.5 Å². The van der Waals surface area contributed by atoms with Gasteiger partial charge in [0.25, 0.3) is 0 Å². The molecule has 1 heterocycles. The number of aromatic nitrogens is 1. The van der Waals surface area contributed by atoms with Crippen LogP contribution in [0.4, 0.5) is 5.13 Å². The molecule has 0 aromatic carbocycles. The Bertz CT molecular complexity index is 395. The number of rotatable bonds is 8. The van der Waals surface area contributed by atoms with Gasteiger partial charge in [0.15, 0.2) is 5.13 Å². The Morgan fingerprint density at radius 2 is 1.95 bits per heavy atom. The van der Waals surface area contributed by atoms with Crippen LogP contribution in [-0.2, 0) is 0 Å². The van der Waals surface area contributed by atoms with Gasteiger partial charge in [0.05, 0.1) is 0 Å². The highest BCUT2D eigenvalue weighted by molar-refractivity contribution is 7.15. The summed E-state index contributed by atoms with van der Waals surface area (Å²) in [5.74, 6) is 1.88. The van der Waals surface area contributed by atoms with E-state index in [-0.39, 0.29) is 0 Å². The van der Waals surface area contributed by atoms with E-state index in [9.17, 15) is 0 Å². The summed E-state index contributed by atoms with van der Waals surface area (Å²) < 4.78 is 0. The first-order valence-corrected chi connectivity index (χ1v) is 8.52. The van der Waals surface area contributed by atoms with Crippen molar-refractivity contribution in [2.24, 2.45) is 11.8 Å². The fourth-order valence-corrected chi connectivity index (χ4v) is 3.44. The molecule has 2 aliphatic rings. The van der Waals surface area contributed by atoms with Gasteiger partial charge < -0.3 is 10.2 Å². The van der Waals surface area contributed by atoms with Crippen LogP contribution in [0.5, 0.6) is 0 Å². The summed E-state index contributed by atoms with van der Waals surface area (Å²) in [7, 11) is 0. The average molecular weight is 279 g/mol. The Morgan fingerprint density at radius 3 is 2.47 bits per heavy atom. The molecular formula is C15H25N3S. The first kappa shape index (κ1) is 13.4. The van der Waals surface area contributed by atoms with Gasteiger partial charge in [-0.05, 0) is 51.0 Å². The lowest BCUT2D eigenvalue weighted by atomic mass is 10.3. The molecule has 0 radical (unpaired) electrons. The lowest BCUT2D eigenvalue weighted by Gasteiger charge is -2.21. The van der Waals surface area contributed by atoms with Crippen molar-refractivity contribution in [3.05, 3.63) is 11.1 Å². The normalized spacial score (nSPS) is 20.5. The van der Waals surface area contributed by atoms with Crippen molar-refractivity contribution in [3.63, 3.8) is 0 Å². The zero-order valence-corrected chi connectivity index (χ0v) is 12.9. The monoisotopic (exact) mass is 279 g/mol. The van der Waals surface area contributed by atoms with Crippen LogP contribution in [0.3, 0.4) is 0 Å². The maximum Gasteiger partial charge on any atom is 0.185 e. The van der Waals surface area contributed by atoms with Gasteiger partial charge in [0.2, 0.25) is 0 Å². The Morgan fingerprint density at radius 1 is 1.32 bits per heavy atom. The van der Waals surface area contributed by atoms with Crippen LogP contribution in [0.15, 0.2) is 6.20 Å². The highest BCUT2D eigenvalue weighted by Crippen LogP contribution is 2.37.